The number of carbonyl (C=O) groups is 1. The highest BCUT2D eigenvalue weighted by Gasteiger charge is 2.29. The van der Waals surface area contributed by atoms with E-state index >= 15 is 0 Å². The van der Waals surface area contributed by atoms with Gasteiger partial charge in [-0.1, -0.05) is 29.4 Å². The summed E-state index contributed by atoms with van der Waals surface area (Å²) >= 11 is 7.40. The molecule has 1 aromatic carbocycles. The Morgan fingerprint density at radius 3 is 2.52 bits per heavy atom. The summed E-state index contributed by atoms with van der Waals surface area (Å²) in [5.74, 6) is 0.0288. The van der Waals surface area contributed by atoms with Crippen LogP contribution >= 0.6 is 23.4 Å². The van der Waals surface area contributed by atoms with Gasteiger partial charge in [0.05, 0.1) is 10.9 Å². The number of anilines is 2. The summed E-state index contributed by atoms with van der Waals surface area (Å²) in [6, 6.07) is 7.32. The number of benzene rings is 1. The van der Waals surface area contributed by atoms with Gasteiger partial charge in [0.2, 0.25) is 5.95 Å². The van der Waals surface area contributed by atoms with Crippen molar-refractivity contribution in [2.75, 3.05) is 23.7 Å². The summed E-state index contributed by atoms with van der Waals surface area (Å²) in [7, 11) is 2.74. The molecule has 2 aromatic heterocycles. The summed E-state index contributed by atoms with van der Waals surface area (Å²) in [6.45, 7) is 3.40. The quantitative estimate of drug-likeness (QED) is 0.411. The van der Waals surface area contributed by atoms with Gasteiger partial charge in [0, 0.05) is 32.2 Å². The number of nitrogen functional groups attached to an aromatic ring is 1. The van der Waals surface area contributed by atoms with Crippen molar-refractivity contribution in [3.63, 3.8) is 0 Å². The van der Waals surface area contributed by atoms with E-state index in [9.17, 15) is 14.4 Å². The van der Waals surface area contributed by atoms with Crippen molar-refractivity contribution < 1.29 is 4.79 Å². The number of Topliss-reactive ketones (excluding diaryl/α,β-unsaturated/α-hetero) is 1. The Kier molecular flexibility index (Phi) is 6.35. The molecule has 1 fully saturated rings. The summed E-state index contributed by atoms with van der Waals surface area (Å²) in [4.78, 5) is 40.1. The normalized spacial score (nSPS) is 14.6. The molecule has 1 atom stereocenters. The number of ketones is 1. The molecule has 2 N–H and O–H groups in total. The van der Waals surface area contributed by atoms with Crippen molar-refractivity contribution in [2.24, 2.45) is 14.1 Å². The lowest BCUT2D eigenvalue weighted by atomic mass is 10.1. The Balaban J connectivity index is 1.73. The van der Waals surface area contributed by atoms with Crippen LogP contribution in [0.4, 0.5) is 11.8 Å². The number of hydrogen-bond acceptors (Lipinski definition) is 8. The van der Waals surface area contributed by atoms with E-state index in [2.05, 4.69) is 15.1 Å². The van der Waals surface area contributed by atoms with Crippen LogP contribution in [0.5, 0.6) is 0 Å². The van der Waals surface area contributed by atoms with E-state index in [0.29, 0.717) is 16.1 Å². The first-order valence-electron chi connectivity index (χ1n) is 10.4. The molecule has 0 radical (unpaired) electrons. The van der Waals surface area contributed by atoms with Crippen LogP contribution in [0.25, 0.3) is 5.69 Å². The minimum absolute atomic E-state index is 0.158. The van der Waals surface area contributed by atoms with Gasteiger partial charge in [-0.25, -0.2) is 4.79 Å². The third kappa shape index (κ3) is 4.18. The fraction of sp³-hybridized carbons (Fsp3) is 0.381. The van der Waals surface area contributed by atoms with Crippen LogP contribution in [0.15, 0.2) is 39.0 Å². The number of rotatable bonds is 6. The molecule has 4 rings (SSSR count). The lowest BCUT2D eigenvalue weighted by molar-refractivity contribution is 0.0992. The Bertz CT molecular complexity index is 1340. The lowest BCUT2D eigenvalue weighted by Crippen LogP contribution is -2.42. The average Bonchev–Trinajstić information content (AvgIpc) is 3.46. The minimum atomic E-state index is -0.720. The Morgan fingerprint density at radius 2 is 1.85 bits per heavy atom. The van der Waals surface area contributed by atoms with Gasteiger partial charge in [0.15, 0.2) is 10.9 Å². The number of nitrogens with zero attached hydrogens (tertiary/aromatic N) is 6. The van der Waals surface area contributed by atoms with E-state index in [1.54, 1.807) is 13.0 Å². The topological polar surface area (TPSA) is 121 Å². The second-order valence-corrected chi connectivity index (χ2v) is 9.63. The SMILES string of the molecule is CC(Sc1nnc(N2CCCC2)n1-c1cccc(Cl)c1)C(=O)c1c(N)n(C)c(=O)n(C)c1=O. The predicted octanol–water partition coefficient (Wildman–Crippen LogP) is 1.86. The molecule has 1 saturated heterocycles. The maximum atomic E-state index is 13.3. The second kappa shape index (κ2) is 9.06. The van der Waals surface area contributed by atoms with Crippen molar-refractivity contribution in [3.05, 3.63) is 55.7 Å². The summed E-state index contributed by atoms with van der Waals surface area (Å²) in [5, 5.41) is 9.07. The van der Waals surface area contributed by atoms with Crippen LogP contribution in [0.3, 0.4) is 0 Å². The molecule has 3 aromatic rings. The molecular formula is C21H24ClN7O3S. The smallest absolute Gasteiger partial charge is 0.332 e. The monoisotopic (exact) mass is 489 g/mol. The van der Waals surface area contributed by atoms with Gasteiger partial charge in [-0.15, -0.1) is 10.2 Å². The third-order valence-corrected chi connectivity index (χ3v) is 6.96. The largest absolute Gasteiger partial charge is 0.384 e. The van der Waals surface area contributed by atoms with Crippen LogP contribution < -0.4 is 21.9 Å². The van der Waals surface area contributed by atoms with Crippen LogP contribution in [0.2, 0.25) is 5.02 Å². The van der Waals surface area contributed by atoms with E-state index in [-0.39, 0.29) is 11.4 Å². The van der Waals surface area contributed by atoms with Crippen molar-refractivity contribution in [1.29, 1.82) is 0 Å². The standard InChI is InChI=1S/C21H24ClN7O3S/c1-12(16(30)15-17(23)26(2)21(32)27(3)18(15)31)33-20-25-24-19(28-9-4-5-10-28)29(20)14-8-6-7-13(22)11-14/h6-8,11-12H,4-5,9-10,23H2,1-3H3. The second-order valence-electron chi connectivity index (χ2n) is 7.88. The highest BCUT2D eigenvalue weighted by Crippen LogP contribution is 2.32. The van der Waals surface area contributed by atoms with Gasteiger partial charge in [0.25, 0.3) is 5.56 Å². The van der Waals surface area contributed by atoms with Crippen molar-refractivity contribution in [3.8, 4) is 5.69 Å². The minimum Gasteiger partial charge on any atom is -0.384 e. The fourth-order valence-electron chi connectivity index (χ4n) is 3.81. The van der Waals surface area contributed by atoms with E-state index in [1.807, 2.05) is 22.8 Å². The zero-order valence-corrected chi connectivity index (χ0v) is 20.1. The Hall–Kier alpha value is -3.05. The van der Waals surface area contributed by atoms with Gasteiger partial charge in [-0.05, 0) is 38.0 Å². The number of nitrogens with two attached hydrogens (primary N) is 1. The maximum absolute atomic E-state index is 13.3. The highest BCUT2D eigenvalue weighted by molar-refractivity contribution is 8.00. The molecule has 0 spiro atoms. The predicted molar refractivity (Wildman–Crippen MR) is 129 cm³/mol. The van der Waals surface area contributed by atoms with Gasteiger partial charge < -0.3 is 10.6 Å². The third-order valence-electron chi connectivity index (χ3n) is 5.68. The highest BCUT2D eigenvalue weighted by atomic mass is 35.5. The molecule has 0 bridgehead atoms. The molecule has 12 heteroatoms. The first-order chi connectivity index (χ1) is 15.7. The summed E-state index contributed by atoms with van der Waals surface area (Å²) in [5.41, 5.74) is 5.22. The molecule has 0 amide bonds. The molecule has 1 unspecified atom stereocenters. The zero-order chi connectivity index (χ0) is 23.9. The number of thioether (sulfide) groups is 1. The molecule has 1 aliphatic rings. The summed E-state index contributed by atoms with van der Waals surface area (Å²) in [6.07, 6.45) is 2.13. The molecule has 1 aliphatic heterocycles. The first-order valence-corrected chi connectivity index (χ1v) is 11.7. The van der Waals surface area contributed by atoms with Gasteiger partial charge >= 0.3 is 5.69 Å². The molecule has 10 nitrogen and oxygen atoms in total. The number of halogens is 1. The number of carbonyl (C=O) groups excluding carboxylic acids is 1. The van der Waals surface area contributed by atoms with E-state index < -0.39 is 22.3 Å². The van der Waals surface area contributed by atoms with Crippen LogP contribution in [-0.4, -0.2) is 48.0 Å². The molecule has 33 heavy (non-hydrogen) atoms. The zero-order valence-electron chi connectivity index (χ0n) is 18.5. The van der Waals surface area contributed by atoms with Gasteiger partial charge in [0.1, 0.15) is 11.4 Å². The van der Waals surface area contributed by atoms with E-state index in [4.69, 9.17) is 17.3 Å². The maximum Gasteiger partial charge on any atom is 0.332 e. The van der Waals surface area contributed by atoms with Crippen LogP contribution in [-0.2, 0) is 14.1 Å². The van der Waals surface area contributed by atoms with Crippen LogP contribution in [0, 0.1) is 0 Å². The molecule has 3 heterocycles. The Labute approximate surface area is 199 Å². The van der Waals surface area contributed by atoms with E-state index in [0.717, 1.165) is 40.8 Å². The van der Waals surface area contributed by atoms with Crippen LogP contribution in [0.1, 0.15) is 30.1 Å². The first kappa shape index (κ1) is 23.1. The molecule has 0 aliphatic carbocycles. The molecule has 0 saturated carbocycles. The Morgan fingerprint density at radius 1 is 1.15 bits per heavy atom. The molecular weight excluding hydrogens is 466 g/mol. The van der Waals surface area contributed by atoms with E-state index in [1.165, 1.54) is 25.9 Å². The number of aromatic nitrogens is 5. The number of hydrogen-bond donors (Lipinski definition) is 1. The van der Waals surface area contributed by atoms with Crippen molar-refractivity contribution in [2.45, 2.75) is 30.2 Å². The van der Waals surface area contributed by atoms with Gasteiger partial charge in [-0.3, -0.25) is 23.3 Å². The summed E-state index contributed by atoms with van der Waals surface area (Å²) < 4.78 is 3.83. The molecule has 174 valence electrons. The fourth-order valence-corrected chi connectivity index (χ4v) is 4.91. The van der Waals surface area contributed by atoms with Gasteiger partial charge in [-0.2, -0.15) is 0 Å². The lowest BCUT2D eigenvalue weighted by Gasteiger charge is -2.19. The average molecular weight is 490 g/mol. The van der Waals surface area contributed by atoms with Crippen molar-refractivity contribution >= 4 is 40.9 Å². The van der Waals surface area contributed by atoms with Crippen molar-refractivity contribution in [1.82, 2.24) is 23.9 Å².